The molecule has 0 N–H and O–H groups in total. The van der Waals surface area contributed by atoms with Crippen LogP contribution in [0.15, 0.2) is 24.3 Å². The van der Waals surface area contributed by atoms with Gasteiger partial charge in [-0.15, -0.1) is 0 Å². The van der Waals surface area contributed by atoms with Crippen molar-refractivity contribution in [3.05, 3.63) is 29.3 Å². The fourth-order valence-corrected chi connectivity index (χ4v) is 1.76. The third kappa shape index (κ3) is 2.33. The number of halogens is 1. The molecule has 0 amide bonds. The predicted octanol–water partition coefficient (Wildman–Crippen LogP) is 3.53. The number of hydrogen-bond acceptors (Lipinski definition) is 2. The van der Waals surface area contributed by atoms with Gasteiger partial charge < -0.3 is 9.47 Å². The Morgan fingerprint density at radius 3 is 2.62 bits per heavy atom. The highest BCUT2D eigenvalue weighted by atomic mass is 35.5. The molecule has 0 aliphatic carbocycles. The number of hydrogen-bond donors (Lipinski definition) is 0. The van der Waals surface area contributed by atoms with E-state index in [1.165, 1.54) is 0 Å². The van der Waals surface area contributed by atoms with Crippen LogP contribution in [-0.4, -0.2) is 18.8 Å². The Morgan fingerprint density at radius 1 is 1.44 bits per heavy atom. The van der Waals surface area contributed by atoms with Crippen LogP contribution in [0.1, 0.15) is 20.8 Å². The van der Waals surface area contributed by atoms with Crippen molar-refractivity contribution in [2.24, 2.45) is 5.41 Å². The van der Waals surface area contributed by atoms with Gasteiger partial charge in [-0.2, -0.15) is 0 Å². The summed E-state index contributed by atoms with van der Waals surface area (Å²) in [6.07, 6.45) is 0. The summed E-state index contributed by atoms with van der Waals surface area (Å²) >= 11 is 5.89. The van der Waals surface area contributed by atoms with Crippen molar-refractivity contribution in [2.45, 2.75) is 26.4 Å². The lowest BCUT2D eigenvalue weighted by Gasteiger charge is -2.27. The predicted molar refractivity (Wildman–Crippen MR) is 65.1 cm³/mol. The molecule has 2 rings (SSSR count). The van der Waals surface area contributed by atoms with Gasteiger partial charge in [0.25, 0.3) is 0 Å². The van der Waals surface area contributed by atoms with Crippen molar-refractivity contribution >= 4 is 11.6 Å². The van der Waals surface area contributed by atoms with Crippen LogP contribution in [0, 0.1) is 5.41 Å². The van der Waals surface area contributed by atoms with Gasteiger partial charge in [0.15, 0.2) is 0 Å². The van der Waals surface area contributed by atoms with Crippen LogP contribution in [0.25, 0.3) is 0 Å². The van der Waals surface area contributed by atoms with Gasteiger partial charge in [0.05, 0.1) is 6.61 Å². The van der Waals surface area contributed by atoms with Crippen molar-refractivity contribution in [3.8, 4) is 5.75 Å². The molecule has 1 saturated heterocycles. The lowest BCUT2D eigenvalue weighted by atomic mass is 9.81. The summed E-state index contributed by atoms with van der Waals surface area (Å²) in [6.45, 7) is 7.86. The zero-order chi connectivity index (χ0) is 11.8. The maximum absolute atomic E-state index is 5.89. The van der Waals surface area contributed by atoms with Gasteiger partial charge in [0.2, 0.25) is 0 Å². The molecule has 16 heavy (non-hydrogen) atoms. The summed E-state index contributed by atoms with van der Waals surface area (Å²) < 4.78 is 11.3. The molecule has 1 aliphatic heterocycles. The lowest BCUT2D eigenvalue weighted by molar-refractivity contribution is 0.0935. The molecule has 1 aromatic carbocycles. The van der Waals surface area contributed by atoms with Crippen molar-refractivity contribution in [3.63, 3.8) is 0 Å². The first-order chi connectivity index (χ1) is 7.43. The molecule has 1 aromatic rings. The number of ether oxygens (including phenoxy) is 2. The SMILES string of the molecule is CC(C)(C)C1(COc2cccc(Cl)c2)CO1. The largest absolute Gasteiger partial charge is 0.490 e. The molecule has 0 bridgehead atoms. The van der Waals surface area contributed by atoms with E-state index in [-0.39, 0.29) is 11.0 Å². The molecule has 0 radical (unpaired) electrons. The first kappa shape index (κ1) is 11.7. The molecule has 3 heteroatoms. The van der Waals surface area contributed by atoms with E-state index < -0.39 is 0 Å². The van der Waals surface area contributed by atoms with Gasteiger partial charge in [0.1, 0.15) is 18.0 Å². The van der Waals surface area contributed by atoms with Crippen molar-refractivity contribution in [2.75, 3.05) is 13.2 Å². The summed E-state index contributed by atoms with van der Waals surface area (Å²) in [5.74, 6) is 0.798. The van der Waals surface area contributed by atoms with Gasteiger partial charge in [-0.05, 0) is 23.6 Å². The molecular weight excluding hydrogens is 224 g/mol. The minimum atomic E-state index is -0.130. The van der Waals surface area contributed by atoms with E-state index in [2.05, 4.69) is 20.8 Å². The summed E-state index contributed by atoms with van der Waals surface area (Å²) in [6, 6.07) is 7.45. The van der Waals surface area contributed by atoms with E-state index in [0.29, 0.717) is 11.6 Å². The van der Waals surface area contributed by atoms with Crippen LogP contribution in [0.2, 0.25) is 5.02 Å². The number of rotatable bonds is 3. The fourth-order valence-electron chi connectivity index (χ4n) is 1.58. The standard InChI is InChI=1S/C13H17ClO2/c1-12(2,3)13(9-16-13)8-15-11-6-4-5-10(14)7-11/h4-7H,8-9H2,1-3H3. The summed E-state index contributed by atoms with van der Waals surface area (Å²) in [5.41, 5.74) is -0.0269. The maximum atomic E-state index is 5.89. The Morgan fingerprint density at radius 2 is 2.12 bits per heavy atom. The maximum Gasteiger partial charge on any atom is 0.130 e. The van der Waals surface area contributed by atoms with Crippen molar-refractivity contribution < 1.29 is 9.47 Å². The molecule has 88 valence electrons. The van der Waals surface area contributed by atoms with Gasteiger partial charge >= 0.3 is 0 Å². The third-order valence-electron chi connectivity index (χ3n) is 3.13. The quantitative estimate of drug-likeness (QED) is 0.754. The van der Waals surface area contributed by atoms with E-state index in [9.17, 15) is 0 Å². The summed E-state index contributed by atoms with van der Waals surface area (Å²) in [4.78, 5) is 0. The van der Waals surface area contributed by atoms with E-state index in [0.717, 1.165) is 12.4 Å². The van der Waals surface area contributed by atoms with Crippen LogP contribution in [0.4, 0.5) is 0 Å². The molecule has 1 fully saturated rings. The molecule has 0 spiro atoms. The van der Waals surface area contributed by atoms with Crippen LogP contribution in [-0.2, 0) is 4.74 Å². The topological polar surface area (TPSA) is 21.8 Å². The molecule has 1 unspecified atom stereocenters. The Kier molecular flexibility index (Phi) is 2.89. The van der Waals surface area contributed by atoms with E-state index in [1.54, 1.807) is 0 Å². The molecule has 0 aromatic heterocycles. The summed E-state index contributed by atoms with van der Waals surface area (Å²) in [5, 5.41) is 0.694. The van der Waals surface area contributed by atoms with E-state index in [1.807, 2.05) is 24.3 Å². The first-order valence-corrected chi connectivity index (χ1v) is 5.83. The van der Waals surface area contributed by atoms with Crippen LogP contribution in [0.5, 0.6) is 5.75 Å². The molecular formula is C13H17ClO2. The highest BCUT2D eigenvalue weighted by Gasteiger charge is 2.55. The summed E-state index contributed by atoms with van der Waals surface area (Å²) in [7, 11) is 0. The highest BCUT2D eigenvalue weighted by Crippen LogP contribution is 2.44. The van der Waals surface area contributed by atoms with Crippen molar-refractivity contribution in [1.82, 2.24) is 0 Å². The zero-order valence-electron chi connectivity index (χ0n) is 9.92. The average molecular weight is 241 g/mol. The highest BCUT2D eigenvalue weighted by molar-refractivity contribution is 6.30. The van der Waals surface area contributed by atoms with Gasteiger partial charge in [-0.25, -0.2) is 0 Å². The number of benzene rings is 1. The van der Waals surface area contributed by atoms with Gasteiger partial charge in [-0.3, -0.25) is 0 Å². The van der Waals surface area contributed by atoms with E-state index in [4.69, 9.17) is 21.1 Å². The Hall–Kier alpha value is -0.730. The fraction of sp³-hybridized carbons (Fsp3) is 0.538. The molecule has 1 aliphatic rings. The minimum Gasteiger partial charge on any atom is -0.490 e. The second kappa shape index (κ2) is 3.94. The first-order valence-electron chi connectivity index (χ1n) is 5.45. The normalized spacial score (nSPS) is 24.2. The van der Waals surface area contributed by atoms with Crippen LogP contribution >= 0.6 is 11.6 Å². The monoisotopic (exact) mass is 240 g/mol. The Bertz CT molecular complexity index is 378. The lowest BCUT2D eigenvalue weighted by Crippen LogP contribution is -2.36. The zero-order valence-corrected chi connectivity index (χ0v) is 10.7. The van der Waals surface area contributed by atoms with Gasteiger partial charge in [-0.1, -0.05) is 38.4 Å². The molecule has 1 heterocycles. The Labute approximate surface area is 102 Å². The minimum absolute atomic E-state index is 0.103. The van der Waals surface area contributed by atoms with Crippen LogP contribution in [0.3, 0.4) is 0 Å². The average Bonchev–Trinajstić information content (AvgIpc) is 2.94. The molecule has 1 atom stereocenters. The second-order valence-electron chi connectivity index (χ2n) is 5.28. The Balaban J connectivity index is 1.98. The van der Waals surface area contributed by atoms with Gasteiger partial charge in [0, 0.05) is 5.02 Å². The third-order valence-corrected chi connectivity index (χ3v) is 3.36. The van der Waals surface area contributed by atoms with E-state index >= 15 is 0 Å². The number of epoxide rings is 1. The molecule has 2 nitrogen and oxygen atoms in total. The smallest absolute Gasteiger partial charge is 0.130 e. The van der Waals surface area contributed by atoms with Crippen molar-refractivity contribution in [1.29, 1.82) is 0 Å². The van der Waals surface area contributed by atoms with Crippen LogP contribution < -0.4 is 4.74 Å². The molecule has 0 saturated carbocycles. The second-order valence-corrected chi connectivity index (χ2v) is 5.72.